The lowest BCUT2D eigenvalue weighted by atomic mass is 10.2. The van der Waals surface area contributed by atoms with Crippen molar-refractivity contribution in [2.24, 2.45) is 0 Å². The monoisotopic (exact) mass is 329 g/mol. The lowest BCUT2D eigenvalue weighted by Gasteiger charge is -2.15. The maximum atomic E-state index is 12.5. The number of aromatic nitrogens is 2. The van der Waals surface area contributed by atoms with Crippen LogP contribution in [0.2, 0.25) is 0 Å². The van der Waals surface area contributed by atoms with Gasteiger partial charge in [-0.25, -0.2) is 9.88 Å². The quantitative estimate of drug-likeness (QED) is 0.686. The number of nitrogens with one attached hydrogen (secondary N) is 1. The number of amides is 2. The van der Waals surface area contributed by atoms with Crippen LogP contribution in [0.5, 0.6) is 0 Å². The maximum absolute atomic E-state index is 12.5. The second-order valence-electron chi connectivity index (χ2n) is 5.41. The third kappa shape index (κ3) is 3.19. The van der Waals surface area contributed by atoms with Gasteiger partial charge in [-0.2, -0.15) is 0 Å². The van der Waals surface area contributed by atoms with Crippen LogP contribution in [0.4, 0.5) is 5.69 Å². The second-order valence-corrected chi connectivity index (χ2v) is 6.60. The highest BCUT2D eigenvalue weighted by atomic mass is 32.2. The van der Waals surface area contributed by atoms with Crippen molar-refractivity contribution in [3.05, 3.63) is 51.9 Å². The van der Waals surface area contributed by atoms with Crippen molar-refractivity contribution < 1.29 is 9.59 Å². The number of aryl methyl sites for hydroxylation is 2. The zero-order chi connectivity index (χ0) is 16.6. The van der Waals surface area contributed by atoms with Gasteiger partial charge in [-0.05, 0) is 26.0 Å². The lowest BCUT2D eigenvalue weighted by Crippen LogP contribution is -2.31. The number of H-pyrrole nitrogens is 1. The molecule has 7 heteroatoms. The lowest BCUT2D eigenvalue weighted by molar-refractivity contribution is -0.121. The van der Waals surface area contributed by atoms with Crippen molar-refractivity contribution >= 4 is 29.3 Å². The highest BCUT2D eigenvalue weighted by Crippen LogP contribution is 2.32. The molecule has 1 saturated heterocycles. The van der Waals surface area contributed by atoms with E-state index in [1.54, 1.807) is 19.1 Å². The van der Waals surface area contributed by atoms with Crippen LogP contribution in [0.25, 0.3) is 0 Å². The molecule has 1 unspecified atom stereocenters. The van der Waals surface area contributed by atoms with Crippen LogP contribution in [0.15, 0.2) is 40.3 Å². The number of benzene rings is 1. The molecule has 2 heterocycles. The van der Waals surface area contributed by atoms with E-state index in [2.05, 4.69) is 9.97 Å². The van der Waals surface area contributed by atoms with E-state index in [0.29, 0.717) is 16.5 Å². The highest BCUT2D eigenvalue weighted by molar-refractivity contribution is 8.00. The molecule has 1 aromatic carbocycles. The van der Waals surface area contributed by atoms with Gasteiger partial charge in [-0.1, -0.05) is 29.5 Å². The average Bonchev–Trinajstić information content (AvgIpc) is 2.74. The third-order valence-corrected chi connectivity index (χ3v) is 4.57. The Kier molecular flexibility index (Phi) is 4.04. The summed E-state index contributed by atoms with van der Waals surface area (Å²) in [5.74, 6) is -0.528. The van der Waals surface area contributed by atoms with E-state index in [4.69, 9.17) is 0 Å². The summed E-state index contributed by atoms with van der Waals surface area (Å²) in [5, 5.41) is -0.222. The number of anilines is 1. The molecule has 1 aliphatic heterocycles. The van der Waals surface area contributed by atoms with Crippen LogP contribution < -0.4 is 10.5 Å². The van der Waals surface area contributed by atoms with Gasteiger partial charge in [0.25, 0.3) is 5.56 Å². The summed E-state index contributed by atoms with van der Waals surface area (Å²) in [5.41, 5.74) is 1.93. The first-order valence-corrected chi connectivity index (χ1v) is 8.00. The largest absolute Gasteiger partial charge is 0.301 e. The highest BCUT2D eigenvalue weighted by Gasteiger charge is 2.40. The van der Waals surface area contributed by atoms with Gasteiger partial charge in [-0.15, -0.1) is 0 Å². The predicted molar refractivity (Wildman–Crippen MR) is 87.5 cm³/mol. The van der Waals surface area contributed by atoms with Gasteiger partial charge in [0, 0.05) is 18.2 Å². The number of aromatic amines is 1. The molecule has 1 fully saturated rings. The Hall–Kier alpha value is -2.41. The molecule has 0 spiro atoms. The molecule has 1 N–H and O–H groups in total. The van der Waals surface area contributed by atoms with Crippen molar-refractivity contribution in [3.63, 3.8) is 0 Å². The Labute approximate surface area is 136 Å². The van der Waals surface area contributed by atoms with Crippen molar-refractivity contribution in [2.45, 2.75) is 30.7 Å². The van der Waals surface area contributed by atoms with Crippen molar-refractivity contribution in [2.75, 3.05) is 4.90 Å². The van der Waals surface area contributed by atoms with Gasteiger partial charge < -0.3 is 4.98 Å². The minimum absolute atomic E-state index is 0.0923. The van der Waals surface area contributed by atoms with E-state index in [9.17, 15) is 14.4 Å². The standard InChI is InChI=1S/C16H15N3O3S/c1-9-3-5-11(6-4-9)19-14(21)8-12(15(19)22)23-16-17-10(2)7-13(20)18-16/h3-7,12H,8H2,1-2H3,(H,17,18,20). The van der Waals surface area contributed by atoms with Gasteiger partial charge in [0.2, 0.25) is 11.8 Å². The van der Waals surface area contributed by atoms with Crippen LogP contribution in [0, 0.1) is 13.8 Å². The van der Waals surface area contributed by atoms with Gasteiger partial charge in [0.15, 0.2) is 5.16 Å². The Morgan fingerprint density at radius 3 is 2.52 bits per heavy atom. The van der Waals surface area contributed by atoms with Gasteiger partial charge in [-0.3, -0.25) is 14.4 Å². The van der Waals surface area contributed by atoms with E-state index in [0.717, 1.165) is 17.3 Å². The Bertz CT molecular complexity index is 829. The molecule has 0 bridgehead atoms. The SMILES string of the molecule is Cc1ccc(N2C(=O)CC(Sc3nc(C)cc(=O)[nH]3)C2=O)cc1. The number of carbonyl (C=O) groups is 2. The molecular formula is C16H15N3O3S. The Balaban J connectivity index is 1.83. The summed E-state index contributed by atoms with van der Waals surface area (Å²) in [6.45, 7) is 3.65. The van der Waals surface area contributed by atoms with Crippen LogP contribution in [0.3, 0.4) is 0 Å². The molecule has 1 aromatic heterocycles. The fourth-order valence-corrected chi connectivity index (χ4v) is 3.46. The summed E-state index contributed by atoms with van der Waals surface area (Å²) in [6.07, 6.45) is 0.0923. The van der Waals surface area contributed by atoms with Gasteiger partial charge in [0.1, 0.15) is 5.25 Å². The van der Waals surface area contributed by atoms with Gasteiger partial charge in [0.05, 0.1) is 5.69 Å². The van der Waals surface area contributed by atoms with Crippen molar-refractivity contribution in [1.29, 1.82) is 0 Å². The van der Waals surface area contributed by atoms with Crippen LogP contribution in [-0.4, -0.2) is 27.0 Å². The summed E-state index contributed by atoms with van der Waals surface area (Å²) in [7, 11) is 0. The molecule has 0 radical (unpaired) electrons. The molecule has 118 valence electrons. The fourth-order valence-electron chi connectivity index (χ4n) is 2.40. The topological polar surface area (TPSA) is 83.1 Å². The first-order chi connectivity index (χ1) is 10.9. The molecule has 1 atom stereocenters. The fraction of sp³-hybridized carbons (Fsp3) is 0.250. The Morgan fingerprint density at radius 2 is 1.87 bits per heavy atom. The van der Waals surface area contributed by atoms with E-state index in [1.807, 2.05) is 19.1 Å². The van der Waals surface area contributed by atoms with E-state index in [1.165, 1.54) is 11.0 Å². The molecule has 0 aliphatic carbocycles. The molecule has 0 saturated carbocycles. The van der Waals surface area contributed by atoms with Gasteiger partial charge >= 0.3 is 0 Å². The average molecular weight is 329 g/mol. The molecule has 3 rings (SSSR count). The van der Waals surface area contributed by atoms with Crippen molar-refractivity contribution in [3.8, 4) is 0 Å². The summed E-state index contributed by atoms with van der Waals surface area (Å²) < 4.78 is 0. The summed E-state index contributed by atoms with van der Waals surface area (Å²) in [4.78, 5) is 44.2. The number of imide groups is 1. The third-order valence-electron chi connectivity index (χ3n) is 3.50. The molecule has 6 nitrogen and oxygen atoms in total. The molecule has 2 amide bonds. The maximum Gasteiger partial charge on any atom is 0.251 e. The normalized spacial score (nSPS) is 17.8. The molecule has 1 aliphatic rings. The minimum atomic E-state index is -0.575. The number of hydrogen-bond donors (Lipinski definition) is 1. The van der Waals surface area contributed by atoms with Crippen molar-refractivity contribution in [1.82, 2.24) is 9.97 Å². The zero-order valence-corrected chi connectivity index (χ0v) is 13.5. The molecule has 2 aromatic rings. The molecular weight excluding hydrogens is 314 g/mol. The van der Waals surface area contributed by atoms with E-state index < -0.39 is 5.25 Å². The first kappa shape index (κ1) is 15.5. The first-order valence-electron chi connectivity index (χ1n) is 7.12. The summed E-state index contributed by atoms with van der Waals surface area (Å²) in [6, 6.07) is 8.60. The number of rotatable bonds is 3. The van der Waals surface area contributed by atoms with E-state index in [-0.39, 0.29) is 23.8 Å². The minimum Gasteiger partial charge on any atom is -0.301 e. The number of nitrogens with zero attached hydrogens (tertiary/aromatic N) is 2. The van der Waals surface area contributed by atoms with E-state index >= 15 is 0 Å². The van der Waals surface area contributed by atoms with Crippen LogP contribution >= 0.6 is 11.8 Å². The number of carbonyl (C=O) groups excluding carboxylic acids is 2. The molecule has 23 heavy (non-hydrogen) atoms. The smallest absolute Gasteiger partial charge is 0.251 e. The predicted octanol–water partition coefficient (Wildman–Crippen LogP) is 1.81. The van der Waals surface area contributed by atoms with Crippen LogP contribution in [0.1, 0.15) is 17.7 Å². The second kappa shape index (κ2) is 6.00. The van der Waals surface area contributed by atoms with Crippen LogP contribution in [-0.2, 0) is 9.59 Å². The summed E-state index contributed by atoms with van der Waals surface area (Å²) >= 11 is 1.11. The Morgan fingerprint density at radius 1 is 1.17 bits per heavy atom. The zero-order valence-electron chi connectivity index (χ0n) is 12.7. The number of hydrogen-bond acceptors (Lipinski definition) is 5. The number of thioether (sulfide) groups is 1.